The zero-order chi connectivity index (χ0) is 20.1. The third-order valence-electron chi connectivity index (χ3n) is 6.17. The molecule has 0 aromatic heterocycles. The van der Waals surface area contributed by atoms with Crippen molar-refractivity contribution in [3.8, 4) is 0 Å². The first kappa shape index (κ1) is 21.3. The number of nitrogens with zero attached hydrogens (tertiary/aromatic N) is 1. The number of sulfonamides is 1. The van der Waals surface area contributed by atoms with Crippen LogP contribution in [0.25, 0.3) is 0 Å². The van der Waals surface area contributed by atoms with Gasteiger partial charge >= 0.3 is 0 Å². The number of aryl methyl sites for hydroxylation is 2. The molecule has 1 aliphatic heterocycles. The molecule has 0 unspecified atom stereocenters. The predicted molar refractivity (Wildman–Crippen MR) is 112 cm³/mol. The van der Waals surface area contributed by atoms with Crippen LogP contribution in [0, 0.1) is 19.8 Å². The third-order valence-corrected chi connectivity index (χ3v) is 8.18. The highest BCUT2D eigenvalue weighted by molar-refractivity contribution is 7.89. The fraction of sp³-hybridized carbons (Fsp3) is 0.682. The molecule has 1 heterocycles. The van der Waals surface area contributed by atoms with E-state index in [1.54, 1.807) is 6.07 Å². The first-order chi connectivity index (χ1) is 13.4. The topological polar surface area (TPSA) is 66.5 Å². The van der Waals surface area contributed by atoms with Gasteiger partial charge in [-0.15, -0.1) is 0 Å². The summed E-state index contributed by atoms with van der Waals surface area (Å²) in [6.45, 7) is 4.51. The molecule has 1 aromatic carbocycles. The van der Waals surface area contributed by atoms with E-state index >= 15 is 0 Å². The Kier molecular flexibility index (Phi) is 7.15. The first-order valence-corrected chi connectivity index (χ1v) is 12.2. The number of rotatable bonds is 4. The van der Waals surface area contributed by atoms with Gasteiger partial charge < -0.3 is 5.32 Å². The van der Waals surface area contributed by atoms with E-state index < -0.39 is 10.0 Å². The normalized spacial score (nSPS) is 23.0. The maximum Gasteiger partial charge on any atom is 0.243 e. The van der Waals surface area contributed by atoms with Gasteiger partial charge in [-0.2, -0.15) is 4.31 Å². The first-order valence-electron chi connectivity index (χ1n) is 10.8. The lowest BCUT2D eigenvalue weighted by atomic mass is 9.94. The second kappa shape index (κ2) is 9.40. The van der Waals surface area contributed by atoms with E-state index in [0.717, 1.165) is 36.8 Å². The molecule has 1 atom stereocenters. The van der Waals surface area contributed by atoms with Gasteiger partial charge in [0.2, 0.25) is 15.9 Å². The second-order valence-electron chi connectivity index (χ2n) is 8.52. The molecular formula is C22H34N2O3S. The molecule has 0 radical (unpaired) electrons. The number of nitrogens with one attached hydrogen (secondary N) is 1. The van der Waals surface area contributed by atoms with E-state index in [2.05, 4.69) is 5.32 Å². The summed E-state index contributed by atoms with van der Waals surface area (Å²) in [7, 11) is -3.57. The van der Waals surface area contributed by atoms with Crippen molar-refractivity contribution in [3.05, 3.63) is 29.3 Å². The maximum absolute atomic E-state index is 13.2. The number of hydrogen-bond donors (Lipinski definition) is 1. The fourth-order valence-corrected chi connectivity index (χ4v) is 6.25. The van der Waals surface area contributed by atoms with Crippen LogP contribution in [0.5, 0.6) is 0 Å². The molecular weight excluding hydrogens is 372 g/mol. The van der Waals surface area contributed by atoms with Crippen LogP contribution in [0.4, 0.5) is 0 Å². The van der Waals surface area contributed by atoms with E-state index in [4.69, 9.17) is 0 Å². The second-order valence-corrected chi connectivity index (χ2v) is 10.4. The molecule has 6 heteroatoms. The van der Waals surface area contributed by atoms with Crippen LogP contribution < -0.4 is 5.32 Å². The molecule has 28 heavy (non-hydrogen) atoms. The van der Waals surface area contributed by atoms with E-state index in [0.29, 0.717) is 11.4 Å². The van der Waals surface area contributed by atoms with Crippen LogP contribution in [0.15, 0.2) is 23.1 Å². The summed E-state index contributed by atoms with van der Waals surface area (Å²) < 4.78 is 27.9. The Bertz CT molecular complexity index is 783. The zero-order valence-corrected chi connectivity index (χ0v) is 18.1. The summed E-state index contributed by atoms with van der Waals surface area (Å²) >= 11 is 0. The van der Waals surface area contributed by atoms with Crippen LogP contribution >= 0.6 is 0 Å². The van der Waals surface area contributed by atoms with Gasteiger partial charge in [0.1, 0.15) is 0 Å². The summed E-state index contributed by atoms with van der Waals surface area (Å²) in [5.74, 6) is -0.217. The molecule has 0 bridgehead atoms. The number of amides is 1. The predicted octanol–water partition coefficient (Wildman–Crippen LogP) is 3.93. The standard InChI is InChI=1S/C22H34N2O3S/c1-17-12-13-18(2)21(15-17)28(26,27)24-14-8-9-19(16-24)22(25)23-20-10-6-4-3-5-7-11-20/h12-13,15,19-20H,3-11,14,16H2,1-2H3,(H,23,25)/t19-/m0/s1. The van der Waals surface area contributed by atoms with Gasteiger partial charge in [0, 0.05) is 19.1 Å². The van der Waals surface area contributed by atoms with Gasteiger partial charge in [0.05, 0.1) is 10.8 Å². The van der Waals surface area contributed by atoms with Gasteiger partial charge in [0.15, 0.2) is 0 Å². The third kappa shape index (κ3) is 5.15. The molecule has 3 rings (SSSR count). The minimum Gasteiger partial charge on any atom is -0.353 e. The van der Waals surface area contributed by atoms with Crippen molar-refractivity contribution in [3.63, 3.8) is 0 Å². The molecule has 0 spiro atoms. The van der Waals surface area contributed by atoms with Gasteiger partial charge in [-0.3, -0.25) is 4.79 Å². The molecule has 5 nitrogen and oxygen atoms in total. The largest absolute Gasteiger partial charge is 0.353 e. The SMILES string of the molecule is Cc1ccc(C)c(S(=O)(=O)N2CCC[C@H](C(=O)NC3CCCCCCC3)C2)c1. The Balaban J connectivity index is 1.67. The van der Waals surface area contributed by atoms with Crippen molar-refractivity contribution in [2.45, 2.75) is 82.6 Å². The lowest BCUT2D eigenvalue weighted by Crippen LogP contribution is -2.47. The Morgan fingerprint density at radius 3 is 2.39 bits per heavy atom. The summed E-state index contributed by atoms with van der Waals surface area (Å²) in [5, 5.41) is 3.23. The van der Waals surface area contributed by atoms with Crippen LogP contribution in [0.1, 0.15) is 68.9 Å². The minimum absolute atomic E-state index is 0.0337. The van der Waals surface area contributed by atoms with Gasteiger partial charge in [0.25, 0.3) is 0 Å². The Labute approximate surface area is 169 Å². The smallest absolute Gasteiger partial charge is 0.243 e. The van der Waals surface area contributed by atoms with Gasteiger partial charge in [-0.25, -0.2) is 8.42 Å². The molecule has 2 fully saturated rings. The minimum atomic E-state index is -3.57. The molecule has 1 saturated heterocycles. The van der Waals surface area contributed by atoms with E-state index in [1.165, 1.54) is 36.4 Å². The van der Waals surface area contributed by atoms with E-state index in [-0.39, 0.29) is 24.4 Å². The number of benzene rings is 1. The summed E-state index contributed by atoms with van der Waals surface area (Å²) in [6, 6.07) is 5.77. The van der Waals surface area contributed by atoms with Crippen molar-refractivity contribution >= 4 is 15.9 Å². The zero-order valence-electron chi connectivity index (χ0n) is 17.2. The lowest BCUT2D eigenvalue weighted by molar-refractivity contribution is -0.126. The molecule has 1 amide bonds. The summed E-state index contributed by atoms with van der Waals surface area (Å²) in [6.07, 6.45) is 9.71. The number of carbonyl (C=O) groups excluding carboxylic acids is 1. The highest BCUT2D eigenvalue weighted by atomic mass is 32.2. The van der Waals surface area contributed by atoms with Crippen LogP contribution in [0.2, 0.25) is 0 Å². The average Bonchev–Trinajstić information content (AvgIpc) is 2.65. The van der Waals surface area contributed by atoms with Gasteiger partial charge in [-0.05, 0) is 56.7 Å². The lowest BCUT2D eigenvalue weighted by Gasteiger charge is -2.33. The maximum atomic E-state index is 13.2. The van der Waals surface area contributed by atoms with Crippen molar-refractivity contribution in [2.75, 3.05) is 13.1 Å². The molecule has 2 aliphatic rings. The Morgan fingerprint density at radius 2 is 1.68 bits per heavy atom. The number of hydrogen-bond acceptors (Lipinski definition) is 3. The number of carbonyl (C=O) groups is 1. The van der Waals surface area contributed by atoms with E-state index in [9.17, 15) is 13.2 Å². The monoisotopic (exact) mass is 406 g/mol. The molecule has 1 N–H and O–H groups in total. The van der Waals surface area contributed by atoms with Crippen LogP contribution in [0.3, 0.4) is 0 Å². The van der Waals surface area contributed by atoms with Crippen molar-refractivity contribution in [1.82, 2.24) is 9.62 Å². The van der Waals surface area contributed by atoms with Crippen molar-refractivity contribution < 1.29 is 13.2 Å². The summed E-state index contributed by atoms with van der Waals surface area (Å²) in [4.78, 5) is 13.2. The highest BCUT2D eigenvalue weighted by Gasteiger charge is 2.34. The van der Waals surface area contributed by atoms with E-state index in [1.807, 2.05) is 26.0 Å². The number of piperidine rings is 1. The molecule has 1 saturated carbocycles. The molecule has 156 valence electrons. The van der Waals surface area contributed by atoms with Crippen molar-refractivity contribution in [2.24, 2.45) is 5.92 Å². The molecule has 1 aromatic rings. The average molecular weight is 407 g/mol. The fourth-order valence-electron chi connectivity index (χ4n) is 4.42. The summed E-state index contributed by atoms with van der Waals surface area (Å²) in [5.41, 5.74) is 1.69. The van der Waals surface area contributed by atoms with Gasteiger partial charge in [-0.1, -0.05) is 44.2 Å². The Hall–Kier alpha value is -1.40. The van der Waals surface area contributed by atoms with Crippen LogP contribution in [-0.4, -0.2) is 37.8 Å². The highest BCUT2D eigenvalue weighted by Crippen LogP contribution is 2.27. The van der Waals surface area contributed by atoms with Crippen molar-refractivity contribution in [1.29, 1.82) is 0 Å². The Morgan fingerprint density at radius 1 is 1.00 bits per heavy atom. The quantitative estimate of drug-likeness (QED) is 0.824. The van der Waals surface area contributed by atoms with Crippen LogP contribution in [-0.2, 0) is 14.8 Å². The molecule has 1 aliphatic carbocycles.